The van der Waals surface area contributed by atoms with Crippen LogP contribution in [0.3, 0.4) is 0 Å². The molecule has 0 spiro atoms. The molecule has 0 bridgehead atoms. The number of hydrogen-bond acceptors (Lipinski definition) is 3. The van der Waals surface area contributed by atoms with Crippen LogP contribution in [0.15, 0.2) is 43.0 Å². The number of ketones is 1. The van der Waals surface area contributed by atoms with Crippen molar-refractivity contribution in [2.45, 2.75) is 13.3 Å². The molecule has 1 aromatic carbocycles. The van der Waals surface area contributed by atoms with Crippen molar-refractivity contribution in [2.75, 3.05) is 6.61 Å². The number of allylic oxidation sites excluding steroid dienone is 1. The predicted octanol–water partition coefficient (Wildman–Crippen LogP) is 2.62. The van der Waals surface area contributed by atoms with Crippen molar-refractivity contribution >= 4 is 11.8 Å². The van der Waals surface area contributed by atoms with Crippen molar-refractivity contribution in [1.82, 2.24) is 0 Å². The van der Waals surface area contributed by atoms with E-state index >= 15 is 0 Å². The van der Waals surface area contributed by atoms with E-state index < -0.39 is 11.4 Å². The van der Waals surface area contributed by atoms with Crippen LogP contribution in [0, 0.1) is 11.3 Å². The van der Waals surface area contributed by atoms with Crippen molar-refractivity contribution in [2.24, 2.45) is 11.3 Å². The fourth-order valence-electron chi connectivity index (χ4n) is 2.27. The molecule has 0 saturated heterocycles. The Morgan fingerprint density at radius 2 is 2.11 bits per heavy atom. The summed E-state index contributed by atoms with van der Waals surface area (Å²) in [6, 6.07) is 8.87. The van der Waals surface area contributed by atoms with Crippen molar-refractivity contribution in [3.05, 3.63) is 48.6 Å². The van der Waals surface area contributed by atoms with Gasteiger partial charge in [0.1, 0.15) is 5.41 Å². The molecule has 1 saturated carbocycles. The molecular weight excluding hydrogens is 228 g/mol. The first kappa shape index (κ1) is 12.6. The van der Waals surface area contributed by atoms with Gasteiger partial charge < -0.3 is 4.74 Å². The van der Waals surface area contributed by atoms with E-state index in [9.17, 15) is 9.59 Å². The third-order valence-corrected chi connectivity index (χ3v) is 3.38. The van der Waals surface area contributed by atoms with E-state index in [-0.39, 0.29) is 18.3 Å². The minimum absolute atomic E-state index is 0.107. The Balaban J connectivity index is 2.30. The molecule has 2 atom stereocenters. The number of carbonyl (C=O) groups excluding carboxylic acids is 2. The normalized spacial score (nSPS) is 25.3. The van der Waals surface area contributed by atoms with Gasteiger partial charge in [0.2, 0.25) is 0 Å². The highest BCUT2D eigenvalue weighted by atomic mass is 16.5. The third-order valence-electron chi connectivity index (χ3n) is 3.38. The van der Waals surface area contributed by atoms with Crippen molar-refractivity contribution in [3.8, 4) is 0 Å². The number of Topliss-reactive ketones (excluding diaryl/α,β-unsaturated/α-hetero) is 1. The summed E-state index contributed by atoms with van der Waals surface area (Å²) in [6.45, 7) is 5.70. The van der Waals surface area contributed by atoms with E-state index in [4.69, 9.17) is 4.74 Å². The van der Waals surface area contributed by atoms with Gasteiger partial charge in [0.15, 0.2) is 5.78 Å². The molecule has 0 N–H and O–H groups in total. The van der Waals surface area contributed by atoms with Gasteiger partial charge in [-0.3, -0.25) is 9.59 Å². The summed E-state index contributed by atoms with van der Waals surface area (Å²) in [5, 5.41) is 0. The van der Waals surface area contributed by atoms with E-state index in [0.29, 0.717) is 12.0 Å². The maximum absolute atomic E-state index is 12.5. The van der Waals surface area contributed by atoms with Crippen molar-refractivity contribution in [3.63, 3.8) is 0 Å². The van der Waals surface area contributed by atoms with Crippen LogP contribution in [-0.2, 0) is 9.53 Å². The van der Waals surface area contributed by atoms with E-state index in [0.717, 1.165) is 0 Å². The van der Waals surface area contributed by atoms with Gasteiger partial charge in [-0.25, -0.2) is 0 Å². The van der Waals surface area contributed by atoms with Crippen LogP contribution in [0.25, 0.3) is 0 Å². The molecule has 3 heteroatoms. The van der Waals surface area contributed by atoms with Gasteiger partial charge in [-0.05, 0) is 13.3 Å². The lowest BCUT2D eigenvalue weighted by Gasteiger charge is -2.14. The first-order chi connectivity index (χ1) is 8.66. The number of rotatable bonds is 5. The smallest absolute Gasteiger partial charge is 0.320 e. The zero-order valence-corrected chi connectivity index (χ0v) is 10.4. The highest BCUT2D eigenvalue weighted by Crippen LogP contribution is 2.56. The van der Waals surface area contributed by atoms with Gasteiger partial charge in [-0.1, -0.05) is 36.4 Å². The number of esters is 1. The minimum atomic E-state index is -1.03. The first-order valence-electron chi connectivity index (χ1n) is 6.06. The second kappa shape index (κ2) is 4.77. The van der Waals surface area contributed by atoms with Crippen LogP contribution in [0.1, 0.15) is 23.7 Å². The highest BCUT2D eigenvalue weighted by Gasteiger charge is 2.65. The van der Waals surface area contributed by atoms with E-state index in [1.165, 1.54) is 0 Å². The minimum Gasteiger partial charge on any atom is -0.465 e. The summed E-state index contributed by atoms with van der Waals surface area (Å²) >= 11 is 0. The topological polar surface area (TPSA) is 43.4 Å². The molecule has 94 valence electrons. The highest BCUT2D eigenvalue weighted by molar-refractivity contribution is 6.15. The Labute approximate surface area is 106 Å². The van der Waals surface area contributed by atoms with Crippen LogP contribution >= 0.6 is 0 Å². The van der Waals surface area contributed by atoms with Crippen LogP contribution in [0.5, 0.6) is 0 Å². The van der Waals surface area contributed by atoms with E-state index in [1.807, 2.05) is 6.07 Å². The van der Waals surface area contributed by atoms with Crippen molar-refractivity contribution < 1.29 is 14.3 Å². The average Bonchev–Trinajstić information content (AvgIpc) is 3.15. The molecule has 2 rings (SSSR count). The SMILES string of the molecule is C=CC1CC1(C(=O)OCC)C(=O)c1ccccc1. The lowest BCUT2D eigenvalue weighted by molar-refractivity contribution is -0.147. The second-order valence-corrected chi connectivity index (χ2v) is 4.43. The monoisotopic (exact) mass is 244 g/mol. The van der Waals surface area contributed by atoms with Gasteiger partial charge in [-0.2, -0.15) is 0 Å². The van der Waals surface area contributed by atoms with Crippen LogP contribution in [0.4, 0.5) is 0 Å². The maximum atomic E-state index is 12.5. The quantitative estimate of drug-likeness (QED) is 0.346. The summed E-state index contributed by atoms with van der Waals surface area (Å²) < 4.78 is 5.04. The van der Waals surface area contributed by atoms with Gasteiger partial charge in [0, 0.05) is 11.5 Å². The molecule has 1 aliphatic carbocycles. The number of ether oxygens (including phenoxy) is 1. The lowest BCUT2D eigenvalue weighted by Crippen LogP contribution is -2.30. The van der Waals surface area contributed by atoms with Gasteiger partial charge >= 0.3 is 5.97 Å². The average molecular weight is 244 g/mol. The lowest BCUT2D eigenvalue weighted by atomic mass is 9.92. The van der Waals surface area contributed by atoms with Gasteiger partial charge in [-0.15, -0.1) is 6.58 Å². The molecule has 0 amide bonds. The zero-order chi connectivity index (χ0) is 13.2. The molecule has 0 aliphatic heterocycles. The summed E-state index contributed by atoms with van der Waals surface area (Å²) in [5.74, 6) is -0.695. The van der Waals surface area contributed by atoms with Gasteiger partial charge in [0.05, 0.1) is 6.61 Å². The van der Waals surface area contributed by atoms with E-state index in [2.05, 4.69) is 6.58 Å². The molecule has 0 radical (unpaired) electrons. The summed E-state index contributed by atoms with van der Waals surface area (Å²) in [4.78, 5) is 24.5. The molecule has 18 heavy (non-hydrogen) atoms. The first-order valence-corrected chi connectivity index (χ1v) is 6.06. The van der Waals surface area contributed by atoms with Crippen LogP contribution in [-0.4, -0.2) is 18.4 Å². The molecular formula is C15H16O3. The molecule has 3 nitrogen and oxygen atoms in total. The Morgan fingerprint density at radius 3 is 2.61 bits per heavy atom. The molecule has 1 aliphatic rings. The largest absolute Gasteiger partial charge is 0.465 e. The molecule has 2 unspecified atom stereocenters. The third kappa shape index (κ3) is 1.86. The fourth-order valence-corrected chi connectivity index (χ4v) is 2.27. The summed E-state index contributed by atoms with van der Waals surface area (Å²) in [6.07, 6.45) is 2.17. The predicted molar refractivity (Wildman–Crippen MR) is 68.1 cm³/mol. The Bertz CT molecular complexity index is 478. The van der Waals surface area contributed by atoms with Crippen LogP contribution < -0.4 is 0 Å². The molecule has 0 aromatic heterocycles. The number of hydrogen-bond donors (Lipinski definition) is 0. The Hall–Kier alpha value is -1.90. The fraction of sp³-hybridized carbons (Fsp3) is 0.333. The number of carbonyl (C=O) groups is 2. The van der Waals surface area contributed by atoms with E-state index in [1.54, 1.807) is 37.3 Å². The van der Waals surface area contributed by atoms with Crippen molar-refractivity contribution in [1.29, 1.82) is 0 Å². The molecule has 1 aromatic rings. The zero-order valence-electron chi connectivity index (χ0n) is 10.4. The Kier molecular flexibility index (Phi) is 3.32. The second-order valence-electron chi connectivity index (χ2n) is 4.43. The standard InChI is InChI=1S/C15H16O3/c1-3-12-10-15(12,14(17)18-4-2)13(16)11-8-6-5-7-9-11/h3,5-9,12H,1,4,10H2,2H3. The summed E-state index contributed by atoms with van der Waals surface area (Å²) in [5.41, 5.74) is -0.478. The summed E-state index contributed by atoms with van der Waals surface area (Å²) in [7, 11) is 0. The van der Waals surface area contributed by atoms with Gasteiger partial charge in [0.25, 0.3) is 0 Å². The maximum Gasteiger partial charge on any atom is 0.320 e. The number of benzene rings is 1. The molecule has 1 fully saturated rings. The molecule has 0 heterocycles. The van der Waals surface area contributed by atoms with Crippen LogP contribution in [0.2, 0.25) is 0 Å². The Morgan fingerprint density at radius 1 is 1.44 bits per heavy atom.